The molecule has 3 aromatic rings. The summed E-state index contributed by atoms with van der Waals surface area (Å²) < 4.78 is 0. The average molecular weight is 417 g/mol. The quantitative estimate of drug-likeness (QED) is 0.673. The van der Waals surface area contributed by atoms with Crippen LogP contribution in [0.1, 0.15) is 13.8 Å². The summed E-state index contributed by atoms with van der Waals surface area (Å²) in [6, 6.07) is 5.74. The Kier molecular flexibility index (Phi) is 5.43. The highest BCUT2D eigenvalue weighted by atomic mass is 35.5. The largest absolute Gasteiger partial charge is 0.507 e. The van der Waals surface area contributed by atoms with E-state index in [0.717, 1.165) is 30.2 Å². The van der Waals surface area contributed by atoms with Crippen molar-refractivity contribution in [3.63, 3.8) is 0 Å². The minimum Gasteiger partial charge on any atom is -0.507 e. The van der Waals surface area contributed by atoms with Crippen LogP contribution in [-0.2, 0) is 0 Å². The third kappa shape index (κ3) is 3.94. The van der Waals surface area contributed by atoms with E-state index in [0.29, 0.717) is 34.3 Å². The van der Waals surface area contributed by atoms with E-state index in [-0.39, 0.29) is 5.75 Å². The van der Waals surface area contributed by atoms with Crippen molar-refractivity contribution in [3.05, 3.63) is 34.9 Å². The van der Waals surface area contributed by atoms with Crippen molar-refractivity contribution >= 4 is 28.9 Å². The highest BCUT2D eigenvalue weighted by Gasteiger charge is 2.23. The highest BCUT2D eigenvalue weighted by Crippen LogP contribution is 2.34. The van der Waals surface area contributed by atoms with Gasteiger partial charge in [0.25, 0.3) is 0 Å². The van der Waals surface area contributed by atoms with Gasteiger partial charge in [0, 0.05) is 42.2 Å². The number of nitrogens with one attached hydrogen (secondary N) is 1. The Hall–Kier alpha value is -2.29. The first-order chi connectivity index (χ1) is 13.5. The van der Waals surface area contributed by atoms with E-state index in [9.17, 15) is 5.11 Å². The average Bonchev–Trinajstić information content (AvgIpc) is 3.14. The second kappa shape index (κ2) is 7.98. The molecule has 146 valence electrons. The summed E-state index contributed by atoms with van der Waals surface area (Å²) in [6.07, 6.45) is 1.66. The number of hydrogen-bond acceptors (Lipinski definition) is 8. The molecule has 1 atom stereocenters. The number of nitrogens with zero attached hydrogens (tertiary/aromatic N) is 5. The molecule has 0 radical (unpaired) electrons. The van der Waals surface area contributed by atoms with Crippen molar-refractivity contribution < 1.29 is 5.11 Å². The zero-order valence-electron chi connectivity index (χ0n) is 15.6. The van der Waals surface area contributed by atoms with Gasteiger partial charge >= 0.3 is 0 Å². The van der Waals surface area contributed by atoms with Crippen LogP contribution in [0.2, 0.25) is 5.15 Å². The molecular formula is C19H21ClN6OS. The fourth-order valence-corrected chi connectivity index (χ4v) is 4.16. The summed E-state index contributed by atoms with van der Waals surface area (Å²) in [6.45, 7) is 7.01. The molecule has 1 fully saturated rings. The van der Waals surface area contributed by atoms with Gasteiger partial charge in [-0.25, -0.2) is 9.97 Å². The predicted molar refractivity (Wildman–Crippen MR) is 112 cm³/mol. The number of rotatable bonds is 4. The number of hydrogen-bond donors (Lipinski definition) is 2. The van der Waals surface area contributed by atoms with E-state index in [2.05, 4.69) is 44.2 Å². The van der Waals surface area contributed by atoms with Crippen molar-refractivity contribution in [1.29, 1.82) is 0 Å². The van der Waals surface area contributed by atoms with E-state index in [1.54, 1.807) is 23.7 Å². The molecule has 0 bridgehead atoms. The van der Waals surface area contributed by atoms with E-state index in [1.807, 2.05) is 6.07 Å². The van der Waals surface area contributed by atoms with Crippen LogP contribution in [-0.4, -0.2) is 50.9 Å². The van der Waals surface area contributed by atoms with Crippen LogP contribution in [0, 0.1) is 5.92 Å². The zero-order valence-corrected chi connectivity index (χ0v) is 17.2. The Balaban J connectivity index is 1.54. The Bertz CT molecular complexity index is 961. The van der Waals surface area contributed by atoms with E-state index >= 15 is 0 Å². The van der Waals surface area contributed by atoms with Crippen molar-refractivity contribution in [2.24, 2.45) is 5.92 Å². The fraction of sp³-hybridized carbons (Fsp3) is 0.368. The fourth-order valence-electron chi connectivity index (χ4n) is 3.21. The lowest BCUT2D eigenvalue weighted by Gasteiger charge is -2.35. The summed E-state index contributed by atoms with van der Waals surface area (Å²) in [5, 5.41) is 25.5. The summed E-state index contributed by atoms with van der Waals surface area (Å²) in [5.74, 6) is 1.26. The molecule has 0 aliphatic carbocycles. The molecule has 1 aromatic carbocycles. The molecule has 0 spiro atoms. The van der Waals surface area contributed by atoms with Gasteiger partial charge in [0.1, 0.15) is 21.6 Å². The van der Waals surface area contributed by atoms with Gasteiger partial charge in [0.2, 0.25) is 5.95 Å². The van der Waals surface area contributed by atoms with Crippen LogP contribution < -0.4 is 10.2 Å². The topological polar surface area (TPSA) is 87.1 Å². The standard InChI is InChI=1S/C19H21ClN6OS/c1-11(2)15-9-26(6-5-21-15)19-22-8-14(24-25-19)13-4-3-12(7-16(13)27)18-23-17(20)10-28-18/h3-4,7-8,10-11,15,21,27H,5-6,9H2,1-2H3/t15-/m1/s1. The van der Waals surface area contributed by atoms with E-state index in [1.165, 1.54) is 11.3 Å². The zero-order chi connectivity index (χ0) is 19.7. The number of aromatic nitrogens is 4. The van der Waals surface area contributed by atoms with Crippen LogP contribution in [0.5, 0.6) is 5.75 Å². The maximum Gasteiger partial charge on any atom is 0.245 e. The molecule has 2 aromatic heterocycles. The lowest BCUT2D eigenvalue weighted by Crippen LogP contribution is -2.53. The molecule has 1 aliphatic rings. The summed E-state index contributed by atoms with van der Waals surface area (Å²) in [5.41, 5.74) is 1.91. The predicted octanol–water partition coefficient (Wildman–Crippen LogP) is 3.46. The van der Waals surface area contributed by atoms with Crippen molar-refractivity contribution in [2.45, 2.75) is 19.9 Å². The first kappa shape index (κ1) is 19.0. The number of halogens is 1. The minimum absolute atomic E-state index is 0.106. The van der Waals surface area contributed by atoms with Crippen LogP contribution >= 0.6 is 22.9 Å². The molecule has 9 heteroatoms. The number of thiazole rings is 1. The van der Waals surface area contributed by atoms with Gasteiger partial charge in [-0.2, -0.15) is 0 Å². The van der Waals surface area contributed by atoms with E-state index in [4.69, 9.17) is 11.6 Å². The first-order valence-electron chi connectivity index (χ1n) is 9.14. The van der Waals surface area contributed by atoms with Gasteiger partial charge in [-0.15, -0.1) is 21.5 Å². The van der Waals surface area contributed by atoms with Crippen LogP contribution in [0.4, 0.5) is 5.95 Å². The number of phenolic OH excluding ortho intramolecular Hbond substituents is 1. The van der Waals surface area contributed by atoms with Crippen molar-refractivity contribution in [3.8, 4) is 27.6 Å². The second-order valence-corrected chi connectivity index (χ2v) is 8.35. The van der Waals surface area contributed by atoms with Gasteiger partial charge in [0.15, 0.2) is 0 Å². The lowest BCUT2D eigenvalue weighted by atomic mass is 10.0. The summed E-state index contributed by atoms with van der Waals surface area (Å²) in [4.78, 5) is 10.9. The van der Waals surface area contributed by atoms with Gasteiger partial charge < -0.3 is 15.3 Å². The molecule has 28 heavy (non-hydrogen) atoms. The van der Waals surface area contributed by atoms with Gasteiger partial charge in [0.05, 0.1) is 6.20 Å². The lowest BCUT2D eigenvalue weighted by molar-refractivity contribution is 0.365. The molecule has 0 unspecified atom stereocenters. The van der Waals surface area contributed by atoms with Crippen molar-refractivity contribution in [1.82, 2.24) is 25.5 Å². The maximum atomic E-state index is 10.5. The van der Waals surface area contributed by atoms with Crippen LogP contribution in [0.3, 0.4) is 0 Å². The second-order valence-electron chi connectivity index (χ2n) is 7.10. The molecule has 1 saturated heterocycles. The highest BCUT2D eigenvalue weighted by molar-refractivity contribution is 7.13. The molecule has 0 amide bonds. The smallest absolute Gasteiger partial charge is 0.245 e. The molecule has 0 saturated carbocycles. The normalized spacial score (nSPS) is 17.3. The maximum absolute atomic E-state index is 10.5. The number of aromatic hydroxyl groups is 1. The molecule has 1 aliphatic heterocycles. The number of anilines is 1. The Morgan fingerprint density at radius 2 is 2.18 bits per heavy atom. The third-order valence-corrected chi connectivity index (χ3v) is 6.05. The summed E-state index contributed by atoms with van der Waals surface area (Å²) in [7, 11) is 0. The number of benzene rings is 1. The monoisotopic (exact) mass is 416 g/mol. The van der Waals surface area contributed by atoms with Gasteiger partial charge in [-0.1, -0.05) is 31.5 Å². The van der Waals surface area contributed by atoms with Gasteiger partial charge in [-0.3, -0.25) is 0 Å². The van der Waals surface area contributed by atoms with Gasteiger partial charge in [-0.05, 0) is 18.1 Å². The third-order valence-electron chi connectivity index (χ3n) is 4.84. The molecule has 7 nitrogen and oxygen atoms in total. The van der Waals surface area contributed by atoms with Crippen LogP contribution in [0.15, 0.2) is 29.8 Å². The Labute approximate surface area is 172 Å². The molecule has 3 heterocycles. The van der Waals surface area contributed by atoms with E-state index < -0.39 is 0 Å². The Morgan fingerprint density at radius 3 is 2.82 bits per heavy atom. The molecule has 4 rings (SSSR count). The van der Waals surface area contributed by atoms with Crippen LogP contribution in [0.25, 0.3) is 21.8 Å². The SMILES string of the molecule is CC(C)[C@H]1CN(c2ncc(-c3ccc(-c4nc(Cl)cs4)cc3O)nn2)CCN1. The Morgan fingerprint density at radius 1 is 1.32 bits per heavy atom. The number of piperazine rings is 1. The summed E-state index contributed by atoms with van der Waals surface area (Å²) >= 11 is 7.31. The number of phenols is 1. The molecular weight excluding hydrogens is 396 g/mol. The molecule has 2 N–H and O–H groups in total. The van der Waals surface area contributed by atoms with Crippen molar-refractivity contribution in [2.75, 3.05) is 24.5 Å². The first-order valence-corrected chi connectivity index (χ1v) is 10.4. The minimum atomic E-state index is 0.106.